The molecule has 5 heteroatoms. The number of halogens is 1. The van der Waals surface area contributed by atoms with Crippen molar-refractivity contribution in [1.29, 1.82) is 0 Å². The number of nitrogens with one attached hydrogen (secondary N) is 2. The third-order valence-corrected chi connectivity index (χ3v) is 3.12. The van der Waals surface area contributed by atoms with E-state index in [2.05, 4.69) is 15.6 Å². The van der Waals surface area contributed by atoms with E-state index in [1.807, 2.05) is 26.0 Å². The Labute approximate surface area is 120 Å². The van der Waals surface area contributed by atoms with E-state index in [1.54, 1.807) is 20.2 Å². The lowest BCUT2D eigenvalue weighted by Crippen LogP contribution is -2.44. The van der Waals surface area contributed by atoms with Crippen LogP contribution in [0.15, 0.2) is 29.3 Å². The minimum absolute atomic E-state index is 0.179. The predicted octanol–water partition coefficient (Wildman–Crippen LogP) is 1.91. The number of guanidine groups is 1. The smallest absolute Gasteiger partial charge is 0.191 e. The molecule has 0 heterocycles. The Morgan fingerprint density at radius 1 is 1.30 bits per heavy atom. The lowest BCUT2D eigenvalue weighted by molar-refractivity contribution is 0.203. The van der Waals surface area contributed by atoms with Gasteiger partial charge in [-0.1, -0.05) is 32.0 Å². The van der Waals surface area contributed by atoms with Gasteiger partial charge in [-0.25, -0.2) is 4.39 Å². The molecule has 112 valence electrons. The normalized spacial score (nSPS) is 12.3. The van der Waals surface area contributed by atoms with E-state index in [0.29, 0.717) is 31.2 Å². The summed E-state index contributed by atoms with van der Waals surface area (Å²) < 4.78 is 18.8. The van der Waals surface area contributed by atoms with Crippen molar-refractivity contribution in [1.82, 2.24) is 10.6 Å². The molecular weight excluding hydrogens is 257 g/mol. The first-order valence-corrected chi connectivity index (χ1v) is 6.69. The number of hydrogen-bond acceptors (Lipinski definition) is 2. The van der Waals surface area contributed by atoms with Gasteiger partial charge in [0, 0.05) is 32.7 Å². The Kier molecular flexibility index (Phi) is 6.45. The van der Waals surface area contributed by atoms with Gasteiger partial charge in [0.25, 0.3) is 0 Å². The lowest BCUT2D eigenvalue weighted by atomic mass is 9.84. The summed E-state index contributed by atoms with van der Waals surface area (Å²) in [7, 11) is 3.36. The molecule has 0 aliphatic rings. The van der Waals surface area contributed by atoms with Gasteiger partial charge in [-0.05, 0) is 11.6 Å². The molecule has 0 amide bonds. The van der Waals surface area contributed by atoms with Crippen LogP contribution in [0.1, 0.15) is 19.4 Å². The number of nitrogens with zero attached hydrogens (tertiary/aromatic N) is 1. The van der Waals surface area contributed by atoms with E-state index in [-0.39, 0.29) is 11.2 Å². The zero-order valence-electron chi connectivity index (χ0n) is 12.7. The van der Waals surface area contributed by atoms with Crippen LogP contribution in [0.2, 0.25) is 0 Å². The van der Waals surface area contributed by atoms with Crippen molar-refractivity contribution < 1.29 is 9.13 Å². The van der Waals surface area contributed by atoms with E-state index >= 15 is 0 Å². The first-order chi connectivity index (χ1) is 9.51. The molecule has 0 fully saturated rings. The molecule has 1 rings (SSSR count). The highest BCUT2D eigenvalue weighted by molar-refractivity contribution is 5.79. The molecule has 0 atom stereocenters. The summed E-state index contributed by atoms with van der Waals surface area (Å²) in [4.78, 5) is 4.12. The number of ether oxygens (including phenoxy) is 1. The largest absolute Gasteiger partial charge is 0.383 e. The van der Waals surface area contributed by atoms with Gasteiger partial charge in [-0.2, -0.15) is 0 Å². The first-order valence-electron chi connectivity index (χ1n) is 6.69. The van der Waals surface area contributed by atoms with Crippen LogP contribution >= 0.6 is 0 Å². The van der Waals surface area contributed by atoms with Crippen molar-refractivity contribution in [2.45, 2.75) is 19.3 Å². The van der Waals surface area contributed by atoms with Crippen molar-refractivity contribution in [3.8, 4) is 0 Å². The minimum atomic E-state index is -0.329. The highest BCUT2D eigenvalue weighted by Gasteiger charge is 2.24. The molecule has 0 unspecified atom stereocenters. The Balaban J connectivity index is 2.60. The molecule has 0 aromatic heterocycles. The topological polar surface area (TPSA) is 45.7 Å². The van der Waals surface area contributed by atoms with Crippen molar-refractivity contribution in [3.63, 3.8) is 0 Å². The second-order valence-corrected chi connectivity index (χ2v) is 5.21. The van der Waals surface area contributed by atoms with Crippen LogP contribution in [0.5, 0.6) is 0 Å². The molecule has 20 heavy (non-hydrogen) atoms. The fraction of sp³-hybridized carbons (Fsp3) is 0.533. The van der Waals surface area contributed by atoms with Gasteiger partial charge in [-0.15, -0.1) is 0 Å². The number of rotatable bonds is 6. The second-order valence-electron chi connectivity index (χ2n) is 5.21. The Morgan fingerprint density at radius 3 is 2.60 bits per heavy atom. The van der Waals surface area contributed by atoms with Crippen LogP contribution in [0.4, 0.5) is 4.39 Å². The van der Waals surface area contributed by atoms with Crippen molar-refractivity contribution in [2.24, 2.45) is 4.99 Å². The van der Waals surface area contributed by atoms with Crippen molar-refractivity contribution >= 4 is 5.96 Å². The summed E-state index contributed by atoms with van der Waals surface area (Å²) >= 11 is 0. The first kappa shape index (κ1) is 16.4. The zero-order valence-corrected chi connectivity index (χ0v) is 12.7. The van der Waals surface area contributed by atoms with Crippen LogP contribution in [-0.4, -0.2) is 39.8 Å². The van der Waals surface area contributed by atoms with Gasteiger partial charge >= 0.3 is 0 Å². The number of benzene rings is 1. The van der Waals surface area contributed by atoms with Gasteiger partial charge in [0.1, 0.15) is 5.82 Å². The van der Waals surface area contributed by atoms with E-state index in [0.717, 1.165) is 0 Å². The summed E-state index contributed by atoms with van der Waals surface area (Å²) in [6, 6.07) is 6.86. The summed E-state index contributed by atoms with van der Waals surface area (Å²) in [6.45, 7) is 5.87. The minimum Gasteiger partial charge on any atom is -0.383 e. The predicted molar refractivity (Wildman–Crippen MR) is 80.7 cm³/mol. The Hall–Kier alpha value is -1.62. The number of methoxy groups -OCH3 is 1. The molecule has 1 aromatic rings. The maximum absolute atomic E-state index is 13.8. The maximum Gasteiger partial charge on any atom is 0.191 e. The molecule has 0 saturated carbocycles. The summed E-state index contributed by atoms with van der Waals surface area (Å²) in [5.41, 5.74) is 0.365. The average Bonchev–Trinajstić information content (AvgIpc) is 2.43. The van der Waals surface area contributed by atoms with E-state index in [9.17, 15) is 4.39 Å². The van der Waals surface area contributed by atoms with Crippen LogP contribution in [-0.2, 0) is 10.2 Å². The molecule has 0 bridgehead atoms. The third-order valence-electron chi connectivity index (χ3n) is 3.12. The molecule has 0 spiro atoms. The fourth-order valence-electron chi connectivity index (χ4n) is 1.90. The zero-order chi connectivity index (χ0) is 15.0. The standard InChI is InChI=1S/C15H24FN3O/c1-15(2,12-7-5-6-8-13(12)16)11-19-14(17-3)18-9-10-20-4/h5-8H,9-11H2,1-4H3,(H2,17,18,19). The second kappa shape index (κ2) is 7.85. The molecule has 0 saturated heterocycles. The third kappa shape index (κ3) is 4.81. The lowest BCUT2D eigenvalue weighted by Gasteiger charge is -2.27. The summed E-state index contributed by atoms with van der Waals surface area (Å²) in [5.74, 6) is 0.507. The SMILES string of the molecule is CN=C(NCCOC)NCC(C)(C)c1ccccc1F. The fourth-order valence-corrected chi connectivity index (χ4v) is 1.90. The van der Waals surface area contributed by atoms with Gasteiger partial charge in [0.05, 0.1) is 6.61 Å². The molecule has 2 N–H and O–H groups in total. The number of aliphatic imine (C=N–C) groups is 1. The van der Waals surface area contributed by atoms with Crippen LogP contribution in [0.3, 0.4) is 0 Å². The van der Waals surface area contributed by atoms with Crippen LogP contribution < -0.4 is 10.6 Å². The molecule has 4 nitrogen and oxygen atoms in total. The van der Waals surface area contributed by atoms with E-state index in [1.165, 1.54) is 6.07 Å². The van der Waals surface area contributed by atoms with E-state index in [4.69, 9.17) is 4.74 Å². The maximum atomic E-state index is 13.8. The molecule has 0 radical (unpaired) electrons. The van der Waals surface area contributed by atoms with Crippen molar-refractivity contribution in [3.05, 3.63) is 35.6 Å². The van der Waals surface area contributed by atoms with Gasteiger partial charge < -0.3 is 15.4 Å². The van der Waals surface area contributed by atoms with E-state index < -0.39 is 0 Å². The van der Waals surface area contributed by atoms with Crippen molar-refractivity contribution in [2.75, 3.05) is 33.9 Å². The van der Waals surface area contributed by atoms with Gasteiger partial charge in [0.2, 0.25) is 0 Å². The molecular formula is C15H24FN3O. The molecule has 0 aliphatic heterocycles. The average molecular weight is 281 g/mol. The monoisotopic (exact) mass is 281 g/mol. The summed E-state index contributed by atoms with van der Waals surface area (Å²) in [6.07, 6.45) is 0. The van der Waals surface area contributed by atoms with Gasteiger partial charge in [0.15, 0.2) is 5.96 Å². The Bertz CT molecular complexity index is 446. The van der Waals surface area contributed by atoms with Crippen LogP contribution in [0, 0.1) is 5.82 Å². The summed E-state index contributed by atoms with van der Waals surface area (Å²) in [5, 5.41) is 6.34. The number of hydrogen-bond donors (Lipinski definition) is 2. The highest BCUT2D eigenvalue weighted by atomic mass is 19.1. The Morgan fingerprint density at radius 2 is 2.00 bits per heavy atom. The van der Waals surface area contributed by atoms with Gasteiger partial charge in [-0.3, -0.25) is 4.99 Å². The quantitative estimate of drug-likeness (QED) is 0.476. The molecule has 0 aliphatic carbocycles. The highest BCUT2D eigenvalue weighted by Crippen LogP contribution is 2.24. The van der Waals surface area contributed by atoms with Crippen LogP contribution in [0.25, 0.3) is 0 Å². The molecule has 1 aromatic carbocycles.